The second kappa shape index (κ2) is 8.19. The van der Waals surface area contributed by atoms with Crippen molar-refractivity contribution in [1.29, 1.82) is 0 Å². The van der Waals surface area contributed by atoms with Crippen LogP contribution in [0.25, 0.3) is 21.7 Å². The maximum absolute atomic E-state index is 12.4. The average Bonchev–Trinajstić information content (AvgIpc) is 3.20. The van der Waals surface area contributed by atoms with E-state index >= 15 is 0 Å². The fourth-order valence-electron chi connectivity index (χ4n) is 3.07. The number of amides is 1. The van der Waals surface area contributed by atoms with Gasteiger partial charge in [0, 0.05) is 5.39 Å². The maximum atomic E-state index is 12.4. The summed E-state index contributed by atoms with van der Waals surface area (Å²) in [6, 6.07) is 21.2. The number of nitrogens with zero attached hydrogens (tertiary/aromatic N) is 1. The normalized spacial score (nSPS) is 12.5. The Morgan fingerprint density at radius 3 is 2.69 bits per heavy atom. The zero-order valence-corrected chi connectivity index (χ0v) is 16.4. The summed E-state index contributed by atoms with van der Waals surface area (Å²) in [6.07, 6.45) is 2.71. The highest BCUT2D eigenvalue weighted by Gasteiger charge is 2.13. The molecule has 0 bridgehead atoms. The fraction of sp³-hybridized carbons (Fsp3) is 0.167. The first kappa shape index (κ1) is 18.7. The summed E-state index contributed by atoms with van der Waals surface area (Å²) in [5, 5.41) is 7.10. The highest BCUT2D eigenvalue weighted by Crippen LogP contribution is 2.28. The van der Waals surface area contributed by atoms with Crippen molar-refractivity contribution in [2.75, 3.05) is 0 Å². The van der Waals surface area contributed by atoms with E-state index in [1.54, 1.807) is 12.3 Å². The molecule has 1 aromatic heterocycles. The smallest absolute Gasteiger partial charge is 0.307 e. The molecule has 0 saturated carbocycles. The number of fused-ring (bicyclic) bond motifs is 3. The number of hydrogen-bond acceptors (Lipinski definition) is 4. The van der Waals surface area contributed by atoms with Crippen LogP contribution < -0.4 is 10.2 Å². The summed E-state index contributed by atoms with van der Waals surface area (Å²) >= 11 is 0. The number of carbonyl (C=O) groups is 1. The van der Waals surface area contributed by atoms with Crippen molar-refractivity contribution in [3.63, 3.8) is 0 Å². The van der Waals surface area contributed by atoms with Gasteiger partial charge in [-0.05, 0) is 66.1 Å². The summed E-state index contributed by atoms with van der Waals surface area (Å²) in [4.78, 5) is 12.4. The van der Waals surface area contributed by atoms with Gasteiger partial charge in [-0.15, -0.1) is 0 Å². The minimum absolute atomic E-state index is 0.176. The minimum Gasteiger partial charge on any atom is -0.491 e. The zero-order valence-electron chi connectivity index (χ0n) is 16.4. The molecule has 1 N–H and O–H groups in total. The molecule has 0 radical (unpaired) electrons. The third-order valence-corrected chi connectivity index (χ3v) is 4.82. The number of furan rings is 1. The van der Waals surface area contributed by atoms with E-state index in [2.05, 4.69) is 17.5 Å². The predicted molar refractivity (Wildman–Crippen MR) is 116 cm³/mol. The van der Waals surface area contributed by atoms with Gasteiger partial charge in [0.05, 0.1) is 12.3 Å². The first-order chi connectivity index (χ1) is 14.1. The molecule has 29 heavy (non-hydrogen) atoms. The van der Waals surface area contributed by atoms with E-state index in [4.69, 9.17) is 9.15 Å². The van der Waals surface area contributed by atoms with Crippen LogP contribution in [0.2, 0.25) is 0 Å². The number of hydrogen-bond donors (Lipinski definition) is 1. The number of carbonyl (C=O) groups excluding carboxylic acids is 1. The largest absolute Gasteiger partial charge is 0.491 e. The van der Waals surface area contributed by atoms with Crippen molar-refractivity contribution < 1.29 is 13.9 Å². The van der Waals surface area contributed by atoms with Crippen molar-refractivity contribution in [3.8, 4) is 5.75 Å². The Kier molecular flexibility index (Phi) is 5.29. The number of rotatable bonds is 6. The van der Waals surface area contributed by atoms with Crippen LogP contribution in [0.1, 0.15) is 36.4 Å². The monoisotopic (exact) mass is 386 g/mol. The van der Waals surface area contributed by atoms with Crippen molar-refractivity contribution in [1.82, 2.24) is 5.43 Å². The number of nitrogens with one attached hydrogen (secondary N) is 1. The molecule has 0 aliphatic rings. The molecule has 4 rings (SSSR count). The Labute approximate surface area is 169 Å². The van der Waals surface area contributed by atoms with Crippen LogP contribution in [0.3, 0.4) is 0 Å². The molecular weight excluding hydrogens is 364 g/mol. The molecule has 5 nitrogen and oxygen atoms in total. The van der Waals surface area contributed by atoms with Gasteiger partial charge in [-0.2, -0.15) is 5.10 Å². The average molecular weight is 386 g/mol. The standard InChI is InChI=1S/C24H22N2O3/c1-3-16(2)28-19-11-8-17(9-12-19)15-25-26-24(27)23-14-21-20-7-5-4-6-18(20)10-13-22(21)29-23/h4-16H,3H2,1-2H3,(H,26,27). The SMILES string of the molecule is CCC(C)Oc1ccc(C=NNC(=O)c2cc3c(ccc4ccccc43)o2)cc1. The third-order valence-electron chi connectivity index (χ3n) is 4.82. The first-order valence-electron chi connectivity index (χ1n) is 9.65. The van der Waals surface area contributed by atoms with Gasteiger partial charge in [0.1, 0.15) is 11.3 Å². The highest BCUT2D eigenvalue weighted by molar-refractivity contribution is 6.08. The summed E-state index contributed by atoms with van der Waals surface area (Å²) < 4.78 is 11.5. The van der Waals surface area contributed by atoms with E-state index in [-0.39, 0.29) is 11.9 Å². The lowest BCUT2D eigenvalue weighted by Gasteiger charge is -2.12. The van der Waals surface area contributed by atoms with E-state index in [1.165, 1.54) is 0 Å². The Morgan fingerprint density at radius 1 is 1.10 bits per heavy atom. The molecule has 0 aliphatic heterocycles. The quantitative estimate of drug-likeness (QED) is 0.350. The van der Waals surface area contributed by atoms with Crippen molar-refractivity contribution >= 4 is 33.9 Å². The second-order valence-electron chi connectivity index (χ2n) is 6.91. The minimum atomic E-state index is -0.391. The van der Waals surface area contributed by atoms with Gasteiger partial charge in [-0.3, -0.25) is 4.79 Å². The van der Waals surface area contributed by atoms with Gasteiger partial charge in [-0.25, -0.2) is 5.43 Å². The van der Waals surface area contributed by atoms with E-state index in [0.29, 0.717) is 5.58 Å². The van der Waals surface area contributed by atoms with Crippen molar-refractivity contribution in [3.05, 3.63) is 78.1 Å². The van der Waals surface area contributed by atoms with E-state index in [0.717, 1.165) is 33.9 Å². The number of hydrazone groups is 1. The van der Waals surface area contributed by atoms with E-state index in [1.807, 2.05) is 67.6 Å². The van der Waals surface area contributed by atoms with Gasteiger partial charge in [0.25, 0.3) is 0 Å². The van der Waals surface area contributed by atoms with Gasteiger partial charge < -0.3 is 9.15 Å². The Bertz CT molecular complexity index is 1180. The molecule has 0 saturated heterocycles. The van der Waals surface area contributed by atoms with Gasteiger partial charge in [0.15, 0.2) is 5.76 Å². The summed E-state index contributed by atoms with van der Waals surface area (Å²) in [5.41, 5.74) is 4.05. The highest BCUT2D eigenvalue weighted by atomic mass is 16.5. The fourth-order valence-corrected chi connectivity index (χ4v) is 3.07. The van der Waals surface area contributed by atoms with Gasteiger partial charge in [0.2, 0.25) is 0 Å². The molecule has 4 aromatic rings. The molecule has 1 heterocycles. The van der Waals surface area contributed by atoms with Crippen LogP contribution in [-0.2, 0) is 0 Å². The molecule has 0 spiro atoms. The lowest BCUT2D eigenvalue weighted by molar-refractivity contribution is 0.0929. The van der Waals surface area contributed by atoms with Crippen LogP contribution in [0.15, 0.2) is 76.2 Å². The van der Waals surface area contributed by atoms with Crippen LogP contribution >= 0.6 is 0 Å². The van der Waals surface area contributed by atoms with Gasteiger partial charge in [-0.1, -0.05) is 37.3 Å². The van der Waals surface area contributed by atoms with E-state index in [9.17, 15) is 4.79 Å². The van der Waals surface area contributed by atoms with Crippen LogP contribution in [0.5, 0.6) is 5.75 Å². The third kappa shape index (κ3) is 4.14. The Hall–Kier alpha value is -3.60. The molecule has 146 valence electrons. The Balaban J connectivity index is 1.45. The lowest BCUT2D eigenvalue weighted by Crippen LogP contribution is -2.16. The first-order valence-corrected chi connectivity index (χ1v) is 9.65. The predicted octanol–water partition coefficient (Wildman–Crippen LogP) is 5.53. The summed E-state index contributed by atoms with van der Waals surface area (Å²) in [5.74, 6) is 0.652. The van der Waals surface area contributed by atoms with Crippen LogP contribution in [-0.4, -0.2) is 18.2 Å². The molecule has 1 amide bonds. The van der Waals surface area contributed by atoms with Gasteiger partial charge >= 0.3 is 5.91 Å². The van der Waals surface area contributed by atoms with Crippen molar-refractivity contribution in [2.45, 2.75) is 26.4 Å². The molecule has 1 atom stereocenters. The maximum Gasteiger partial charge on any atom is 0.307 e. The van der Waals surface area contributed by atoms with Crippen LogP contribution in [0.4, 0.5) is 0 Å². The number of benzene rings is 3. The molecule has 0 fully saturated rings. The number of ether oxygens (including phenoxy) is 1. The molecule has 0 aliphatic carbocycles. The molecular formula is C24H22N2O3. The zero-order chi connectivity index (χ0) is 20.2. The van der Waals surface area contributed by atoms with Crippen molar-refractivity contribution in [2.24, 2.45) is 5.10 Å². The van der Waals surface area contributed by atoms with Crippen LogP contribution in [0, 0.1) is 0 Å². The Morgan fingerprint density at radius 2 is 1.90 bits per heavy atom. The summed E-state index contributed by atoms with van der Waals surface area (Å²) in [6.45, 7) is 4.12. The lowest BCUT2D eigenvalue weighted by atomic mass is 10.1. The molecule has 1 unspecified atom stereocenters. The molecule has 5 heteroatoms. The summed E-state index contributed by atoms with van der Waals surface area (Å²) in [7, 11) is 0. The second-order valence-corrected chi connectivity index (χ2v) is 6.91. The molecule has 3 aromatic carbocycles. The topological polar surface area (TPSA) is 63.8 Å². The van der Waals surface area contributed by atoms with E-state index < -0.39 is 5.91 Å².